The van der Waals surface area contributed by atoms with Gasteiger partial charge in [0.05, 0.1) is 12.5 Å². The van der Waals surface area contributed by atoms with Crippen LogP contribution in [0.5, 0.6) is 0 Å². The number of halogens is 2. The van der Waals surface area contributed by atoms with Crippen LogP contribution in [0.15, 0.2) is 72.8 Å². The summed E-state index contributed by atoms with van der Waals surface area (Å²) in [6.07, 6.45) is -1.87. The van der Waals surface area contributed by atoms with Gasteiger partial charge in [0.25, 0.3) is 11.8 Å². The van der Waals surface area contributed by atoms with Crippen LogP contribution in [0.1, 0.15) is 33.9 Å². The molecule has 4 amide bonds. The number of nitrogens with zero attached hydrogens (tertiary/aromatic N) is 2. The number of carboxylic acids is 1. The van der Waals surface area contributed by atoms with E-state index in [0.717, 1.165) is 17.7 Å². The second kappa shape index (κ2) is 12.0. The molecule has 0 spiro atoms. The highest BCUT2D eigenvalue weighted by atomic mass is 35.5. The molecular weight excluding hydrogens is 527 g/mol. The van der Waals surface area contributed by atoms with Crippen molar-refractivity contribution in [2.24, 2.45) is 0 Å². The van der Waals surface area contributed by atoms with Crippen molar-refractivity contribution in [1.29, 1.82) is 0 Å². The Morgan fingerprint density at radius 3 is 2.31 bits per heavy atom. The maximum Gasteiger partial charge on any atom is 0.323 e. The molecule has 0 aromatic heterocycles. The van der Waals surface area contributed by atoms with Gasteiger partial charge in [-0.1, -0.05) is 41.4 Å². The van der Waals surface area contributed by atoms with E-state index in [0.29, 0.717) is 21.8 Å². The van der Waals surface area contributed by atoms with Gasteiger partial charge in [0, 0.05) is 29.4 Å². The van der Waals surface area contributed by atoms with Gasteiger partial charge in [0.1, 0.15) is 5.82 Å². The Kier molecular flexibility index (Phi) is 8.46. The number of hydrogen-bond acceptors (Lipinski definition) is 4. The van der Waals surface area contributed by atoms with E-state index in [1.807, 2.05) is 13.0 Å². The molecule has 0 saturated carbocycles. The summed E-state index contributed by atoms with van der Waals surface area (Å²) in [4.78, 5) is 54.5. The highest BCUT2D eigenvalue weighted by Gasteiger charge is 2.43. The van der Waals surface area contributed by atoms with Crippen LogP contribution in [-0.4, -0.2) is 58.0 Å². The molecule has 3 N–H and O–H groups in total. The summed E-state index contributed by atoms with van der Waals surface area (Å²) >= 11 is 5.92. The van der Waals surface area contributed by atoms with Gasteiger partial charge in [0.2, 0.25) is 0 Å². The Balaban J connectivity index is 1.64. The zero-order chi connectivity index (χ0) is 28.1. The normalized spacial score (nSPS) is 15.5. The summed E-state index contributed by atoms with van der Waals surface area (Å²) in [7, 11) is 0. The molecule has 0 aliphatic carbocycles. The molecule has 0 bridgehead atoms. The molecule has 1 fully saturated rings. The van der Waals surface area contributed by atoms with Gasteiger partial charge < -0.3 is 20.6 Å². The van der Waals surface area contributed by atoms with Gasteiger partial charge in [-0.05, 0) is 61.0 Å². The van der Waals surface area contributed by atoms with Crippen molar-refractivity contribution in [3.05, 3.63) is 100 Å². The molecule has 3 aromatic carbocycles. The van der Waals surface area contributed by atoms with Gasteiger partial charge in [0.15, 0.2) is 6.17 Å². The standard InChI is InChI=1S/C28H26ClFN4O5/c1-17-3-2-4-19(15-17)27(38)33-13-14-34(28(39)31-22-11-7-20(29)8-12-22)26(33)25(37)32-23(16-24(35)36)18-5-9-21(30)10-6-18/h2-12,15,23,26H,13-14,16H2,1H3,(H,31,39)(H,32,37)(H,35,36). The first-order chi connectivity index (χ1) is 18.6. The number of hydrogen-bond donors (Lipinski definition) is 3. The maximum absolute atomic E-state index is 13.7. The smallest absolute Gasteiger partial charge is 0.323 e. The lowest BCUT2D eigenvalue weighted by atomic mass is 10.0. The third-order valence-electron chi connectivity index (χ3n) is 6.26. The van der Waals surface area contributed by atoms with Crippen LogP contribution in [-0.2, 0) is 9.59 Å². The molecule has 11 heteroatoms. The average Bonchev–Trinajstić information content (AvgIpc) is 3.35. The van der Waals surface area contributed by atoms with Crippen molar-refractivity contribution in [3.63, 3.8) is 0 Å². The highest BCUT2D eigenvalue weighted by molar-refractivity contribution is 6.30. The molecule has 1 aliphatic heterocycles. The van der Waals surface area contributed by atoms with E-state index in [-0.39, 0.29) is 13.1 Å². The number of carbonyl (C=O) groups excluding carboxylic acids is 3. The van der Waals surface area contributed by atoms with Crippen LogP contribution in [0.2, 0.25) is 5.02 Å². The zero-order valence-corrected chi connectivity index (χ0v) is 21.7. The number of urea groups is 1. The quantitative estimate of drug-likeness (QED) is 0.400. The third kappa shape index (κ3) is 6.71. The first kappa shape index (κ1) is 27.6. The van der Waals surface area contributed by atoms with E-state index in [1.165, 1.54) is 21.9 Å². The van der Waals surface area contributed by atoms with Gasteiger partial charge in [-0.2, -0.15) is 0 Å². The summed E-state index contributed by atoms with van der Waals surface area (Å²) in [5.74, 6) is -2.93. The van der Waals surface area contributed by atoms with Crippen molar-refractivity contribution < 1.29 is 28.7 Å². The number of anilines is 1. The lowest BCUT2D eigenvalue weighted by Gasteiger charge is -2.31. The van der Waals surface area contributed by atoms with Gasteiger partial charge >= 0.3 is 12.0 Å². The molecule has 202 valence electrons. The Labute approximate surface area is 229 Å². The zero-order valence-electron chi connectivity index (χ0n) is 20.9. The van der Waals surface area contributed by atoms with Crippen LogP contribution in [0.25, 0.3) is 0 Å². The van der Waals surface area contributed by atoms with Gasteiger partial charge in [-0.15, -0.1) is 0 Å². The molecule has 1 heterocycles. The first-order valence-corrected chi connectivity index (χ1v) is 12.5. The number of amides is 4. The molecule has 1 aliphatic rings. The fourth-order valence-electron chi connectivity index (χ4n) is 4.38. The molecule has 1 saturated heterocycles. The Hall–Kier alpha value is -4.44. The lowest BCUT2D eigenvalue weighted by Crippen LogP contribution is -2.55. The topological polar surface area (TPSA) is 119 Å². The second-order valence-electron chi connectivity index (χ2n) is 9.08. The van der Waals surface area contributed by atoms with E-state index in [4.69, 9.17) is 11.6 Å². The second-order valence-corrected chi connectivity index (χ2v) is 9.52. The van der Waals surface area contributed by atoms with Crippen LogP contribution < -0.4 is 10.6 Å². The van der Waals surface area contributed by atoms with E-state index >= 15 is 0 Å². The van der Waals surface area contributed by atoms with Crippen molar-refractivity contribution in [1.82, 2.24) is 15.1 Å². The van der Waals surface area contributed by atoms with Crippen LogP contribution in [0.3, 0.4) is 0 Å². The summed E-state index contributed by atoms with van der Waals surface area (Å²) in [6.45, 7) is 1.95. The number of carboxylic acid groups (broad SMARTS) is 1. The fraction of sp³-hybridized carbons (Fsp3) is 0.214. The van der Waals surface area contributed by atoms with Crippen molar-refractivity contribution in [2.45, 2.75) is 25.6 Å². The van der Waals surface area contributed by atoms with Crippen molar-refractivity contribution in [3.8, 4) is 0 Å². The monoisotopic (exact) mass is 552 g/mol. The fourth-order valence-corrected chi connectivity index (χ4v) is 4.50. The molecule has 3 aromatic rings. The summed E-state index contributed by atoms with van der Waals surface area (Å²) in [6, 6.07) is 16.6. The number of nitrogens with one attached hydrogen (secondary N) is 2. The van der Waals surface area contributed by atoms with Gasteiger partial charge in [-0.25, -0.2) is 9.18 Å². The summed E-state index contributed by atoms with van der Waals surface area (Å²) in [5, 5.41) is 15.3. The van der Waals surface area contributed by atoms with Crippen LogP contribution in [0, 0.1) is 12.7 Å². The van der Waals surface area contributed by atoms with Crippen LogP contribution in [0.4, 0.5) is 14.9 Å². The number of benzene rings is 3. The SMILES string of the molecule is Cc1cccc(C(=O)N2CCN(C(=O)Nc3ccc(Cl)cc3)C2C(=O)NC(CC(=O)O)c2ccc(F)cc2)c1. The van der Waals surface area contributed by atoms with E-state index in [9.17, 15) is 28.7 Å². The number of aliphatic carboxylic acids is 1. The largest absolute Gasteiger partial charge is 0.481 e. The van der Waals surface area contributed by atoms with Gasteiger partial charge in [-0.3, -0.25) is 19.3 Å². The maximum atomic E-state index is 13.7. The third-order valence-corrected chi connectivity index (χ3v) is 6.51. The lowest BCUT2D eigenvalue weighted by molar-refractivity contribution is -0.138. The molecule has 2 atom stereocenters. The predicted molar refractivity (Wildman–Crippen MR) is 143 cm³/mol. The molecule has 0 radical (unpaired) electrons. The van der Waals surface area contributed by atoms with Crippen molar-refractivity contribution >= 4 is 41.1 Å². The minimum absolute atomic E-state index is 0.0508. The first-order valence-electron chi connectivity index (χ1n) is 12.1. The minimum atomic E-state index is -1.37. The van der Waals surface area contributed by atoms with E-state index < -0.39 is 48.3 Å². The average molecular weight is 553 g/mol. The molecular formula is C28H26ClFN4O5. The Morgan fingerprint density at radius 1 is 1.00 bits per heavy atom. The minimum Gasteiger partial charge on any atom is -0.481 e. The van der Waals surface area contributed by atoms with Crippen LogP contribution >= 0.6 is 11.6 Å². The number of rotatable bonds is 7. The Bertz CT molecular complexity index is 1380. The number of carbonyl (C=O) groups is 4. The van der Waals surface area contributed by atoms with Crippen molar-refractivity contribution in [2.75, 3.05) is 18.4 Å². The molecule has 4 rings (SSSR count). The molecule has 39 heavy (non-hydrogen) atoms. The number of aryl methyl sites for hydroxylation is 1. The molecule has 9 nitrogen and oxygen atoms in total. The molecule has 2 unspecified atom stereocenters. The highest BCUT2D eigenvalue weighted by Crippen LogP contribution is 2.24. The predicted octanol–water partition coefficient (Wildman–Crippen LogP) is 4.44. The Morgan fingerprint density at radius 2 is 1.67 bits per heavy atom. The van der Waals surface area contributed by atoms with E-state index in [2.05, 4.69) is 10.6 Å². The summed E-state index contributed by atoms with van der Waals surface area (Å²) < 4.78 is 13.5. The van der Waals surface area contributed by atoms with E-state index in [1.54, 1.807) is 42.5 Å². The summed E-state index contributed by atoms with van der Waals surface area (Å²) in [5.41, 5.74) is 1.98.